The Bertz CT molecular complexity index is 382. The number of aromatic nitrogens is 2. The summed E-state index contributed by atoms with van der Waals surface area (Å²) in [4.78, 5) is 7.47. The van der Waals surface area contributed by atoms with E-state index in [1.807, 2.05) is 31.5 Å². The summed E-state index contributed by atoms with van der Waals surface area (Å²) in [5, 5.41) is 0. The molecule has 2 aromatic heterocycles. The Morgan fingerprint density at radius 3 is 2.69 bits per heavy atom. The van der Waals surface area contributed by atoms with Gasteiger partial charge in [-0.3, -0.25) is 4.98 Å². The van der Waals surface area contributed by atoms with Crippen LogP contribution in [0, 0.1) is 13.8 Å². The van der Waals surface area contributed by atoms with E-state index >= 15 is 0 Å². The van der Waals surface area contributed by atoms with Crippen LogP contribution in [0.5, 0.6) is 0 Å². The van der Waals surface area contributed by atoms with Gasteiger partial charge in [0.2, 0.25) is 0 Å². The third kappa shape index (κ3) is 1.35. The molecule has 0 atom stereocenters. The molecule has 0 unspecified atom stereocenters. The van der Waals surface area contributed by atoms with Crippen molar-refractivity contribution in [3.8, 4) is 11.3 Å². The third-order valence-corrected chi connectivity index (χ3v) is 2.22. The minimum Gasteiger partial charge on any atom is -0.361 e. The van der Waals surface area contributed by atoms with Crippen molar-refractivity contribution in [2.24, 2.45) is 0 Å². The van der Waals surface area contributed by atoms with Crippen molar-refractivity contribution in [3.63, 3.8) is 0 Å². The van der Waals surface area contributed by atoms with Crippen molar-refractivity contribution in [2.75, 3.05) is 0 Å². The Hall–Kier alpha value is -1.57. The summed E-state index contributed by atoms with van der Waals surface area (Å²) in [6.45, 7) is 4.13. The van der Waals surface area contributed by atoms with Crippen molar-refractivity contribution >= 4 is 0 Å². The Kier molecular flexibility index (Phi) is 1.89. The Morgan fingerprint density at radius 2 is 2.08 bits per heavy atom. The molecule has 66 valence electrons. The highest BCUT2D eigenvalue weighted by Gasteiger charge is 2.05. The molecular formula is C11H12N2. The van der Waals surface area contributed by atoms with Crippen molar-refractivity contribution in [3.05, 3.63) is 41.9 Å². The Labute approximate surface area is 77.6 Å². The second-order valence-electron chi connectivity index (χ2n) is 3.17. The van der Waals surface area contributed by atoms with Gasteiger partial charge < -0.3 is 4.98 Å². The van der Waals surface area contributed by atoms with Gasteiger partial charge in [-0.1, -0.05) is 0 Å². The van der Waals surface area contributed by atoms with Crippen LogP contribution in [0.4, 0.5) is 0 Å². The molecule has 0 amide bonds. The Balaban J connectivity index is 2.64. The fraction of sp³-hybridized carbons (Fsp3) is 0.182. The molecule has 0 aliphatic rings. The lowest BCUT2D eigenvalue weighted by Gasteiger charge is -2.05. The van der Waals surface area contributed by atoms with Crippen LogP contribution in [-0.4, -0.2) is 9.97 Å². The first-order valence-electron chi connectivity index (χ1n) is 4.35. The molecule has 13 heavy (non-hydrogen) atoms. The monoisotopic (exact) mass is 172 g/mol. The van der Waals surface area contributed by atoms with E-state index < -0.39 is 0 Å². The molecule has 1 N–H and O–H groups in total. The number of rotatable bonds is 1. The van der Waals surface area contributed by atoms with Crippen LogP contribution in [0.2, 0.25) is 0 Å². The summed E-state index contributed by atoms with van der Waals surface area (Å²) < 4.78 is 0. The fourth-order valence-electron chi connectivity index (χ4n) is 1.59. The standard InChI is InChI=1S/C11H12N2/c1-8-5-7-12-9(2)11(8)10-4-3-6-13-10/h3-7,13H,1-2H3. The van der Waals surface area contributed by atoms with Gasteiger partial charge in [-0.05, 0) is 37.6 Å². The van der Waals surface area contributed by atoms with Gasteiger partial charge in [0.1, 0.15) is 0 Å². The minimum atomic E-state index is 1.07. The van der Waals surface area contributed by atoms with Crippen molar-refractivity contribution in [2.45, 2.75) is 13.8 Å². The van der Waals surface area contributed by atoms with Crippen LogP contribution in [0.3, 0.4) is 0 Å². The van der Waals surface area contributed by atoms with Gasteiger partial charge in [0.05, 0.1) is 0 Å². The van der Waals surface area contributed by atoms with E-state index in [2.05, 4.69) is 23.0 Å². The topological polar surface area (TPSA) is 28.7 Å². The Morgan fingerprint density at radius 1 is 1.23 bits per heavy atom. The van der Waals surface area contributed by atoms with Gasteiger partial charge in [-0.15, -0.1) is 0 Å². The summed E-state index contributed by atoms with van der Waals surface area (Å²) in [7, 11) is 0. The lowest BCUT2D eigenvalue weighted by atomic mass is 10.1. The van der Waals surface area contributed by atoms with Crippen LogP contribution in [0.15, 0.2) is 30.6 Å². The second kappa shape index (κ2) is 3.05. The van der Waals surface area contributed by atoms with Gasteiger partial charge in [0, 0.05) is 29.3 Å². The lowest BCUT2D eigenvalue weighted by Crippen LogP contribution is -1.90. The second-order valence-corrected chi connectivity index (χ2v) is 3.17. The van der Waals surface area contributed by atoms with E-state index in [0.717, 1.165) is 11.4 Å². The normalized spacial score (nSPS) is 10.3. The zero-order chi connectivity index (χ0) is 9.26. The summed E-state index contributed by atoms with van der Waals surface area (Å²) in [5.41, 5.74) is 4.69. The van der Waals surface area contributed by atoms with Crippen LogP contribution in [-0.2, 0) is 0 Å². The van der Waals surface area contributed by atoms with E-state index in [9.17, 15) is 0 Å². The lowest BCUT2D eigenvalue weighted by molar-refractivity contribution is 1.17. The third-order valence-electron chi connectivity index (χ3n) is 2.22. The number of aryl methyl sites for hydroxylation is 2. The molecule has 0 spiro atoms. The predicted molar refractivity (Wildman–Crippen MR) is 53.5 cm³/mol. The molecule has 0 bridgehead atoms. The highest BCUT2D eigenvalue weighted by molar-refractivity contribution is 5.65. The average molecular weight is 172 g/mol. The highest BCUT2D eigenvalue weighted by Crippen LogP contribution is 2.23. The van der Waals surface area contributed by atoms with Crippen LogP contribution in [0.1, 0.15) is 11.3 Å². The number of nitrogens with one attached hydrogen (secondary N) is 1. The maximum Gasteiger partial charge on any atom is 0.0474 e. The summed E-state index contributed by atoms with van der Waals surface area (Å²) >= 11 is 0. The minimum absolute atomic E-state index is 1.07. The zero-order valence-corrected chi connectivity index (χ0v) is 7.83. The number of hydrogen-bond donors (Lipinski definition) is 1. The summed E-state index contributed by atoms with van der Waals surface area (Å²) in [6, 6.07) is 6.10. The van der Waals surface area contributed by atoms with Gasteiger partial charge in [-0.2, -0.15) is 0 Å². The van der Waals surface area contributed by atoms with Gasteiger partial charge in [0.25, 0.3) is 0 Å². The fourth-order valence-corrected chi connectivity index (χ4v) is 1.59. The van der Waals surface area contributed by atoms with E-state index in [4.69, 9.17) is 0 Å². The van der Waals surface area contributed by atoms with Gasteiger partial charge in [-0.25, -0.2) is 0 Å². The number of hydrogen-bond acceptors (Lipinski definition) is 1. The molecule has 0 aliphatic carbocycles. The van der Waals surface area contributed by atoms with Crippen molar-refractivity contribution < 1.29 is 0 Å². The molecule has 0 saturated carbocycles. The molecular weight excluding hydrogens is 160 g/mol. The molecule has 2 heterocycles. The van der Waals surface area contributed by atoms with Crippen LogP contribution >= 0.6 is 0 Å². The molecule has 2 heteroatoms. The van der Waals surface area contributed by atoms with Crippen molar-refractivity contribution in [1.82, 2.24) is 9.97 Å². The molecule has 2 aromatic rings. The molecule has 0 saturated heterocycles. The maximum atomic E-state index is 4.28. The average Bonchev–Trinajstić information content (AvgIpc) is 2.57. The SMILES string of the molecule is Cc1ccnc(C)c1-c1ccc[nH]1. The van der Waals surface area contributed by atoms with Crippen LogP contribution in [0.25, 0.3) is 11.3 Å². The van der Waals surface area contributed by atoms with Gasteiger partial charge in [0.15, 0.2) is 0 Å². The van der Waals surface area contributed by atoms with E-state index in [-0.39, 0.29) is 0 Å². The number of aromatic amines is 1. The summed E-state index contributed by atoms with van der Waals surface area (Å²) in [6.07, 6.45) is 3.78. The highest BCUT2D eigenvalue weighted by atomic mass is 14.7. The van der Waals surface area contributed by atoms with E-state index in [1.54, 1.807) is 0 Å². The van der Waals surface area contributed by atoms with Crippen LogP contribution < -0.4 is 0 Å². The first kappa shape index (κ1) is 8.05. The number of pyridine rings is 1. The number of nitrogens with zero attached hydrogens (tertiary/aromatic N) is 1. The first-order valence-corrected chi connectivity index (χ1v) is 4.35. The molecule has 2 rings (SSSR count). The van der Waals surface area contributed by atoms with E-state index in [0.29, 0.717) is 0 Å². The molecule has 0 fully saturated rings. The van der Waals surface area contributed by atoms with Crippen molar-refractivity contribution in [1.29, 1.82) is 0 Å². The quantitative estimate of drug-likeness (QED) is 0.704. The number of H-pyrrole nitrogens is 1. The van der Waals surface area contributed by atoms with Gasteiger partial charge >= 0.3 is 0 Å². The first-order chi connectivity index (χ1) is 6.29. The smallest absolute Gasteiger partial charge is 0.0474 e. The summed E-state index contributed by atoms with van der Waals surface area (Å²) in [5.74, 6) is 0. The molecule has 0 aliphatic heterocycles. The predicted octanol–water partition coefficient (Wildman–Crippen LogP) is 2.69. The molecule has 0 radical (unpaired) electrons. The largest absolute Gasteiger partial charge is 0.361 e. The maximum absolute atomic E-state index is 4.28. The molecule has 2 nitrogen and oxygen atoms in total. The molecule has 0 aromatic carbocycles. The zero-order valence-electron chi connectivity index (χ0n) is 7.83. The van der Waals surface area contributed by atoms with E-state index in [1.165, 1.54) is 11.1 Å².